The van der Waals surface area contributed by atoms with Crippen LogP contribution in [0.15, 0.2) is 29.4 Å². The van der Waals surface area contributed by atoms with Gasteiger partial charge in [0, 0.05) is 13.0 Å². The van der Waals surface area contributed by atoms with Gasteiger partial charge in [-0.2, -0.15) is 0 Å². The van der Waals surface area contributed by atoms with Crippen molar-refractivity contribution in [3.05, 3.63) is 29.8 Å². The molecule has 1 aromatic rings. The van der Waals surface area contributed by atoms with Crippen LogP contribution in [0.3, 0.4) is 0 Å². The number of para-hydroxylation sites is 1. The molecule has 0 saturated heterocycles. The monoisotopic (exact) mass is 265 g/mol. The number of nitrogens with two attached hydrogens (primary N) is 1. The van der Waals surface area contributed by atoms with Crippen molar-refractivity contribution in [2.45, 2.75) is 19.8 Å². The van der Waals surface area contributed by atoms with E-state index in [0.29, 0.717) is 37.3 Å². The summed E-state index contributed by atoms with van der Waals surface area (Å²) in [5, 5.41) is 14.0. The molecule has 0 aliphatic rings. The Balaban J connectivity index is 2.49. The molecule has 0 aliphatic heterocycles. The minimum Gasteiger partial charge on any atom is -0.493 e. The number of benzene rings is 1. The van der Waals surface area contributed by atoms with Crippen LogP contribution in [0, 0.1) is 0 Å². The topological polar surface area (TPSA) is 96.9 Å². The normalized spacial score (nSPS) is 11.1. The van der Waals surface area contributed by atoms with Crippen molar-refractivity contribution < 1.29 is 14.7 Å². The fourth-order valence-corrected chi connectivity index (χ4v) is 1.55. The predicted octanol–water partition coefficient (Wildman–Crippen LogP) is 1.34. The first-order valence-electron chi connectivity index (χ1n) is 6.15. The number of rotatable bonds is 7. The lowest BCUT2D eigenvalue weighted by atomic mass is 10.2. The second kappa shape index (κ2) is 7.97. The summed E-state index contributed by atoms with van der Waals surface area (Å²) < 4.78 is 5.39. The molecule has 6 heteroatoms. The molecule has 0 unspecified atom stereocenters. The Morgan fingerprint density at radius 1 is 1.47 bits per heavy atom. The maximum atomic E-state index is 12.0. The summed E-state index contributed by atoms with van der Waals surface area (Å²) >= 11 is 0. The van der Waals surface area contributed by atoms with Crippen molar-refractivity contribution in [3.8, 4) is 5.75 Å². The third kappa shape index (κ3) is 4.87. The number of carbonyl (C=O) groups excluding carboxylic acids is 1. The number of amides is 1. The van der Waals surface area contributed by atoms with Crippen LogP contribution < -0.4 is 15.8 Å². The lowest BCUT2D eigenvalue weighted by molar-refractivity contribution is 0.0949. The summed E-state index contributed by atoms with van der Waals surface area (Å²) in [6.45, 7) is 2.83. The number of hydrogen-bond acceptors (Lipinski definition) is 4. The first kappa shape index (κ1) is 14.8. The molecule has 0 spiro atoms. The Morgan fingerprint density at radius 2 is 2.21 bits per heavy atom. The van der Waals surface area contributed by atoms with Gasteiger partial charge in [-0.1, -0.05) is 17.3 Å². The van der Waals surface area contributed by atoms with Gasteiger partial charge in [0.25, 0.3) is 5.91 Å². The maximum absolute atomic E-state index is 12.0. The smallest absolute Gasteiger partial charge is 0.255 e. The van der Waals surface area contributed by atoms with E-state index in [9.17, 15) is 4.79 Å². The second-order valence-corrected chi connectivity index (χ2v) is 3.88. The van der Waals surface area contributed by atoms with Gasteiger partial charge < -0.3 is 21.0 Å². The van der Waals surface area contributed by atoms with Gasteiger partial charge in [-0.25, -0.2) is 0 Å². The summed E-state index contributed by atoms with van der Waals surface area (Å²) in [5.41, 5.74) is 5.84. The van der Waals surface area contributed by atoms with Crippen LogP contribution in [0.5, 0.6) is 5.75 Å². The molecule has 0 saturated carbocycles. The summed E-state index contributed by atoms with van der Waals surface area (Å²) in [4.78, 5) is 12.0. The highest BCUT2D eigenvalue weighted by Crippen LogP contribution is 2.17. The Hall–Kier alpha value is -2.24. The van der Waals surface area contributed by atoms with Gasteiger partial charge in [-0.15, -0.1) is 0 Å². The molecule has 0 aromatic heterocycles. The van der Waals surface area contributed by atoms with Gasteiger partial charge in [0.15, 0.2) is 0 Å². The third-order valence-electron chi connectivity index (χ3n) is 2.46. The average Bonchev–Trinajstić information content (AvgIpc) is 2.44. The van der Waals surface area contributed by atoms with Crippen molar-refractivity contribution in [2.75, 3.05) is 13.2 Å². The average molecular weight is 265 g/mol. The highest BCUT2D eigenvalue weighted by atomic mass is 16.5. The van der Waals surface area contributed by atoms with E-state index < -0.39 is 0 Å². The van der Waals surface area contributed by atoms with Crippen molar-refractivity contribution in [1.82, 2.24) is 5.32 Å². The lowest BCUT2D eigenvalue weighted by Crippen LogP contribution is -2.26. The Labute approximate surface area is 112 Å². The van der Waals surface area contributed by atoms with Crippen molar-refractivity contribution >= 4 is 11.7 Å². The van der Waals surface area contributed by atoms with Gasteiger partial charge >= 0.3 is 0 Å². The highest BCUT2D eigenvalue weighted by molar-refractivity contribution is 5.96. The molecule has 0 radical (unpaired) electrons. The SMILES string of the molecule is CCOc1ccccc1C(=O)NCCCC(N)=NO. The Bertz CT molecular complexity index is 447. The van der Waals surface area contributed by atoms with Gasteiger partial charge in [-0.05, 0) is 25.5 Å². The highest BCUT2D eigenvalue weighted by Gasteiger charge is 2.10. The van der Waals surface area contributed by atoms with E-state index in [4.69, 9.17) is 15.7 Å². The van der Waals surface area contributed by atoms with E-state index in [2.05, 4.69) is 10.5 Å². The van der Waals surface area contributed by atoms with E-state index in [0.717, 1.165) is 0 Å². The molecule has 6 nitrogen and oxygen atoms in total. The molecule has 4 N–H and O–H groups in total. The van der Waals surface area contributed by atoms with Gasteiger partial charge in [0.05, 0.1) is 12.2 Å². The molecule has 0 atom stereocenters. The van der Waals surface area contributed by atoms with E-state index in [1.807, 2.05) is 13.0 Å². The molecule has 0 heterocycles. The van der Waals surface area contributed by atoms with E-state index in [1.165, 1.54) is 0 Å². The summed E-state index contributed by atoms with van der Waals surface area (Å²) in [5.74, 6) is 0.534. The van der Waals surface area contributed by atoms with Crippen LogP contribution in [-0.4, -0.2) is 30.1 Å². The number of nitrogens with zero attached hydrogens (tertiary/aromatic N) is 1. The zero-order valence-electron chi connectivity index (χ0n) is 10.9. The number of ether oxygens (including phenoxy) is 1. The fourth-order valence-electron chi connectivity index (χ4n) is 1.55. The van der Waals surface area contributed by atoms with Crippen LogP contribution in [0.1, 0.15) is 30.1 Å². The van der Waals surface area contributed by atoms with Crippen LogP contribution in [-0.2, 0) is 0 Å². The zero-order chi connectivity index (χ0) is 14.1. The number of carbonyl (C=O) groups is 1. The van der Waals surface area contributed by atoms with Crippen LogP contribution in [0.2, 0.25) is 0 Å². The van der Waals surface area contributed by atoms with Crippen molar-refractivity contribution in [3.63, 3.8) is 0 Å². The van der Waals surface area contributed by atoms with E-state index in [-0.39, 0.29) is 11.7 Å². The number of nitrogens with one attached hydrogen (secondary N) is 1. The molecule has 1 amide bonds. The molecular formula is C13H19N3O3. The van der Waals surface area contributed by atoms with Crippen LogP contribution in [0.4, 0.5) is 0 Å². The minimum absolute atomic E-state index is 0.156. The lowest BCUT2D eigenvalue weighted by Gasteiger charge is -2.10. The summed E-state index contributed by atoms with van der Waals surface area (Å²) in [6, 6.07) is 7.08. The molecule has 19 heavy (non-hydrogen) atoms. The number of hydrogen-bond donors (Lipinski definition) is 3. The first-order valence-corrected chi connectivity index (χ1v) is 6.15. The molecule has 1 rings (SSSR count). The predicted molar refractivity (Wildman–Crippen MR) is 72.6 cm³/mol. The molecular weight excluding hydrogens is 246 g/mol. The first-order chi connectivity index (χ1) is 9.19. The standard InChI is InChI=1S/C13H19N3O3/c1-2-19-11-7-4-3-6-10(11)13(17)15-9-5-8-12(14)16-18/h3-4,6-7,18H,2,5,8-9H2,1H3,(H2,14,16)(H,15,17). The van der Waals surface area contributed by atoms with Crippen LogP contribution in [0.25, 0.3) is 0 Å². The number of oxime groups is 1. The van der Waals surface area contributed by atoms with Crippen LogP contribution >= 0.6 is 0 Å². The summed E-state index contributed by atoms with van der Waals surface area (Å²) in [6.07, 6.45) is 1.04. The van der Waals surface area contributed by atoms with Crippen molar-refractivity contribution in [1.29, 1.82) is 0 Å². The Kier molecular flexibility index (Phi) is 6.21. The minimum atomic E-state index is -0.191. The van der Waals surface area contributed by atoms with Gasteiger partial charge in [-0.3, -0.25) is 4.79 Å². The molecule has 1 aromatic carbocycles. The molecule has 0 bridgehead atoms. The third-order valence-corrected chi connectivity index (χ3v) is 2.46. The maximum Gasteiger partial charge on any atom is 0.255 e. The second-order valence-electron chi connectivity index (χ2n) is 3.88. The fraction of sp³-hybridized carbons (Fsp3) is 0.385. The molecule has 0 fully saturated rings. The summed E-state index contributed by atoms with van der Waals surface area (Å²) in [7, 11) is 0. The largest absolute Gasteiger partial charge is 0.493 e. The quantitative estimate of drug-likeness (QED) is 0.228. The molecule has 104 valence electrons. The molecule has 0 aliphatic carbocycles. The van der Waals surface area contributed by atoms with E-state index in [1.54, 1.807) is 18.2 Å². The zero-order valence-corrected chi connectivity index (χ0v) is 10.9. The van der Waals surface area contributed by atoms with Gasteiger partial charge in [0.2, 0.25) is 0 Å². The van der Waals surface area contributed by atoms with E-state index >= 15 is 0 Å². The van der Waals surface area contributed by atoms with Gasteiger partial charge in [0.1, 0.15) is 11.6 Å². The number of amidine groups is 1. The Morgan fingerprint density at radius 3 is 2.89 bits per heavy atom. The van der Waals surface area contributed by atoms with Crippen molar-refractivity contribution in [2.24, 2.45) is 10.9 Å².